The average molecular weight is 185 g/mol. The Morgan fingerprint density at radius 2 is 2.58 bits per heavy atom. The van der Waals surface area contributed by atoms with Gasteiger partial charge < -0.3 is 9.84 Å². The van der Waals surface area contributed by atoms with Crippen molar-refractivity contribution < 1.29 is 9.84 Å². The number of aliphatic hydroxyl groups excluding tert-OH is 1. The molecule has 0 amide bonds. The highest BCUT2D eigenvalue weighted by molar-refractivity contribution is 7.09. The van der Waals surface area contributed by atoms with Crippen LogP contribution < -0.4 is 0 Å². The van der Waals surface area contributed by atoms with Crippen LogP contribution in [0.25, 0.3) is 0 Å². The SMILES string of the molecule is OC1CCCOC1c1nccs1. The summed E-state index contributed by atoms with van der Waals surface area (Å²) in [4.78, 5) is 4.12. The first-order chi connectivity index (χ1) is 5.88. The lowest BCUT2D eigenvalue weighted by Crippen LogP contribution is -2.26. The largest absolute Gasteiger partial charge is 0.390 e. The molecule has 1 fully saturated rings. The predicted octanol–water partition coefficient (Wildman–Crippen LogP) is 1.36. The first-order valence-electron chi connectivity index (χ1n) is 4.07. The summed E-state index contributed by atoms with van der Waals surface area (Å²) in [6.45, 7) is 0.737. The second kappa shape index (κ2) is 3.51. The number of aliphatic hydroxyl groups is 1. The van der Waals surface area contributed by atoms with Crippen LogP contribution in [-0.2, 0) is 4.74 Å². The molecule has 1 aliphatic rings. The number of ether oxygens (including phenoxy) is 1. The number of rotatable bonds is 1. The number of aromatic nitrogens is 1. The lowest BCUT2D eigenvalue weighted by molar-refractivity contribution is -0.0759. The Labute approximate surface area is 75.0 Å². The Balaban J connectivity index is 2.11. The fraction of sp³-hybridized carbons (Fsp3) is 0.625. The van der Waals surface area contributed by atoms with Crippen molar-refractivity contribution in [3.8, 4) is 0 Å². The standard InChI is InChI=1S/C8H11NO2S/c10-6-2-1-4-11-7(6)8-9-3-5-12-8/h3,5-7,10H,1-2,4H2. The molecule has 0 aromatic carbocycles. The smallest absolute Gasteiger partial charge is 0.135 e. The van der Waals surface area contributed by atoms with Gasteiger partial charge in [-0.05, 0) is 12.8 Å². The molecular formula is C8H11NO2S. The van der Waals surface area contributed by atoms with Gasteiger partial charge in [0.05, 0.1) is 6.10 Å². The van der Waals surface area contributed by atoms with Crippen LogP contribution in [0.1, 0.15) is 24.0 Å². The van der Waals surface area contributed by atoms with Crippen LogP contribution in [0, 0.1) is 0 Å². The van der Waals surface area contributed by atoms with Crippen molar-refractivity contribution in [3.05, 3.63) is 16.6 Å². The lowest BCUT2D eigenvalue weighted by Gasteiger charge is -2.26. The third-order valence-electron chi connectivity index (χ3n) is 1.99. The third-order valence-corrected chi connectivity index (χ3v) is 2.82. The van der Waals surface area contributed by atoms with Gasteiger partial charge in [0.1, 0.15) is 11.1 Å². The van der Waals surface area contributed by atoms with Crippen LogP contribution in [0.4, 0.5) is 0 Å². The molecule has 0 spiro atoms. The molecule has 0 saturated carbocycles. The summed E-state index contributed by atoms with van der Waals surface area (Å²) in [7, 11) is 0. The van der Waals surface area contributed by atoms with Crippen LogP contribution in [0.5, 0.6) is 0 Å². The van der Waals surface area contributed by atoms with Gasteiger partial charge in [0.2, 0.25) is 0 Å². The molecular weight excluding hydrogens is 174 g/mol. The molecule has 12 heavy (non-hydrogen) atoms. The minimum Gasteiger partial charge on any atom is -0.390 e. The molecule has 1 aromatic heterocycles. The van der Waals surface area contributed by atoms with Gasteiger partial charge in [-0.15, -0.1) is 11.3 Å². The van der Waals surface area contributed by atoms with E-state index in [1.165, 1.54) is 11.3 Å². The summed E-state index contributed by atoms with van der Waals surface area (Å²) in [6.07, 6.45) is 2.96. The summed E-state index contributed by atoms with van der Waals surface area (Å²) in [5.41, 5.74) is 0. The molecule has 0 aliphatic carbocycles. The van der Waals surface area contributed by atoms with E-state index in [9.17, 15) is 5.11 Å². The fourth-order valence-corrected chi connectivity index (χ4v) is 2.12. The fourth-order valence-electron chi connectivity index (χ4n) is 1.38. The molecule has 0 bridgehead atoms. The van der Waals surface area contributed by atoms with Gasteiger partial charge in [-0.3, -0.25) is 0 Å². The van der Waals surface area contributed by atoms with Crippen molar-refractivity contribution in [3.63, 3.8) is 0 Å². The summed E-state index contributed by atoms with van der Waals surface area (Å²) >= 11 is 1.54. The van der Waals surface area contributed by atoms with Crippen LogP contribution in [0.2, 0.25) is 0 Å². The van der Waals surface area contributed by atoms with Crippen molar-refractivity contribution in [2.45, 2.75) is 25.0 Å². The lowest BCUT2D eigenvalue weighted by atomic mass is 10.1. The molecule has 1 aliphatic heterocycles. The summed E-state index contributed by atoms with van der Waals surface area (Å²) in [5.74, 6) is 0. The second-order valence-corrected chi connectivity index (χ2v) is 3.80. The Morgan fingerprint density at radius 3 is 3.25 bits per heavy atom. The van der Waals surface area contributed by atoms with E-state index in [-0.39, 0.29) is 12.2 Å². The van der Waals surface area contributed by atoms with Gasteiger partial charge in [-0.1, -0.05) is 0 Å². The molecule has 2 atom stereocenters. The minimum absolute atomic E-state index is 0.182. The van der Waals surface area contributed by atoms with Gasteiger partial charge in [0.25, 0.3) is 0 Å². The van der Waals surface area contributed by atoms with Gasteiger partial charge >= 0.3 is 0 Å². The highest BCUT2D eigenvalue weighted by Gasteiger charge is 2.27. The zero-order valence-electron chi connectivity index (χ0n) is 6.64. The molecule has 1 saturated heterocycles. The van der Waals surface area contributed by atoms with Crippen LogP contribution in [-0.4, -0.2) is 22.8 Å². The quantitative estimate of drug-likeness (QED) is 0.718. The molecule has 2 rings (SSSR count). The zero-order valence-corrected chi connectivity index (χ0v) is 7.46. The van der Waals surface area contributed by atoms with Crippen LogP contribution >= 0.6 is 11.3 Å². The number of nitrogens with zero attached hydrogens (tertiary/aromatic N) is 1. The summed E-state index contributed by atoms with van der Waals surface area (Å²) in [6, 6.07) is 0. The molecule has 4 heteroatoms. The van der Waals surface area contributed by atoms with E-state index in [0.29, 0.717) is 0 Å². The van der Waals surface area contributed by atoms with Crippen molar-refractivity contribution >= 4 is 11.3 Å². The van der Waals surface area contributed by atoms with E-state index in [4.69, 9.17) is 4.74 Å². The van der Waals surface area contributed by atoms with Crippen molar-refractivity contribution in [1.82, 2.24) is 4.98 Å². The Morgan fingerprint density at radius 1 is 1.67 bits per heavy atom. The molecule has 2 unspecified atom stereocenters. The summed E-state index contributed by atoms with van der Waals surface area (Å²) in [5, 5.41) is 12.4. The molecule has 66 valence electrons. The van der Waals surface area contributed by atoms with E-state index in [1.54, 1.807) is 6.20 Å². The Kier molecular flexibility index (Phi) is 2.39. The predicted molar refractivity (Wildman–Crippen MR) is 46.0 cm³/mol. The maximum Gasteiger partial charge on any atom is 0.135 e. The van der Waals surface area contributed by atoms with Gasteiger partial charge in [-0.2, -0.15) is 0 Å². The van der Waals surface area contributed by atoms with E-state index in [2.05, 4.69) is 4.98 Å². The Hall–Kier alpha value is -0.450. The van der Waals surface area contributed by atoms with E-state index >= 15 is 0 Å². The molecule has 0 radical (unpaired) electrons. The molecule has 1 aromatic rings. The first kappa shape index (κ1) is 8.16. The number of hydrogen-bond acceptors (Lipinski definition) is 4. The first-order valence-corrected chi connectivity index (χ1v) is 4.95. The highest BCUT2D eigenvalue weighted by Crippen LogP contribution is 2.29. The second-order valence-electron chi connectivity index (χ2n) is 2.87. The monoisotopic (exact) mass is 185 g/mol. The van der Waals surface area contributed by atoms with Crippen molar-refractivity contribution in [2.24, 2.45) is 0 Å². The highest BCUT2D eigenvalue weighted by atomic mass is 32.1. The van der Waals surface area contributed by atoms with Crippen LogP contribution in [0.3, 0.4) is 0 Å². The molecule has 1 N–H and O–H groups in total. The maximum atomic E-state index is 9.58. The minimum atomic E-state index is -0.370. The van der Waals surface area contributed by atoms with Gasteiger partial charge in [-0.25, -0.2) is 4.98 Å². The van der Waals surface area contributed by atoms with Gasteiger partial charge in [0, 0.05) is 18.2 Å². The third kappa shape index (κ3) is 1.50. The normalized spacial score (nSPS) is 30.4. The molecule has 3 nitrogen and oxygen atoms in total. The zero-order chi connectivity index (χ0) is 8.39. The van der Waals surface area contributed by atoms with Crippen molar-refractivity contribution in [2.75, 3.05) is 6.61 Å². The number of hydrogen-bond donors (Lipinski definition) is 1. The van der Waals surface area contributed by atoms with Crippen molar-refractivity contribution in [1.29, 1.82) is 0 Å². The topological polar surface area (TPSA) is 42.4 Å². The summed E-state index contributed by atoms with van der Waals surface area (Å²) < 4.78 is 5.43. The Bertz CT molecular complexity index is 237. The number of thiazole rings is 1. The van der Waals surface area contributed by atoms with E-state index < -0.39 is 0 Å². The molecule has 2 heterocycles. The maximum absolute atomic E-state index is 9.58. The average Bonchev–Trinajstić information content (AvgIpc) is 2.57. The van der Waals surface area contributed by atoms with Gasteiger partial charge in [0.15, 0.2) is 0 Å². The van der Waals surface area contributed by atoms with Crippen LogP contribution in [0.15, 0.2) is 11.6 Å². The van der Waals surface area contributed by atoms with E-state index in [0.717, 1.165) is 24.5 Å². The van der Waals surface area contributed by atoms with E-state index in [1.807, 2.05) is 5.38 Å².